The summed E-state index contributed by atoms with van der Waals surface area (Å²) >= 11 is 0. The Morgan fingerprint density at radius 2 is 2.24 bits per heavy atom. The van der Waals surface area contributed by atoms with Crippen LogP contribution >= 0.6 is 0 Å². The molecule has 0 aromatic carbocycles. The number of nitrogens with zero attached hydrogens (tertiary/aromatic N) is 2. The molecule has 0 bridgehead atoms. The van der Waals surface area contributed by atoms with E-state index in [0.29, 0.717) is 18.5 Å². The van der Waals surface area contributed by atoms with Crippen LogP contribution in [0.2, 0.25) is 0 Å². The molecule has 1 saturated heterocycles. The van der Waals surface area contributed by atoms with E-state index in [0.717, 1.165) is 0 Å². The number of nitrogens with two attached hydrogens (primary N) is 1. The molecule has 10 heteroatoms. The van der Waals surface area contributed by atoms with E-state index in [9.17, 15) is 24.6 Å². The summed E-state index contributed by atoms with van der Waals surface area (Å²) in [7, 11) is 0. The number of aromatic nitrogens is 2. The van der Waals surface area contributed by atoms with Gasteiger partial charge in [-0.3, -0.25) is 9.59 Å². The summed E-state index contributed by atoms with van der Waals surface area (Å²) in [5.41, 5.74) is 6.49. The summed E-state index contributed by atoms with van der Waals surface area (Å²) in [5, 5.41) is 21.5. The first-order chi connectivity index (χ1) is 11.8. The Kier molecular flexibility index (Phi) is 6.10. The molecular formula is C15H23N5O5. The van der Waals surface area contributed by atoms with Crippen LogP contribution in [0, 0.1) is 0 Å². The zero-order valence-corrected chi connectivity index (χ0v) is 13.9. The van der Waals surface area contributed by atoms with Crippen molar-refractivity contribution in [3.63, 3.8) is 0 Å². The number of amides is 2. The molecule has 0 aliphatic carbocycles. The summed E-state index contributed by atoms with van der Waals surface area (Å²) in [5.74, 6) is -2.33. The van der Waals surface area contributed by atoms with Gasteiger partial charge in [0.2, 0.25) is 11.8 Å². The highest BCUT2D eigenvalue weighted by molar-refractivity contribution is 5.92. The van der Waals surface area contributed by atoms with Crippen LogP contribution < -0.4 is 11.1 Å². The van der Waals surface area contributed by atoms with Crippen LogP contribution in [0.25, 0.3) is 0 Å². The predicted octanol–water partition coefficient (Wildman–Crippen LogP) is -1.78. The number of aliphatic hydroxyl groups excluding tert-OH is 1. The van der Waals surface area contributed by atoms with Gasteiger partial charge in [0.1, 0.15) is 12.1 Å². The number of likely N-dealkylation sites (tertiary alicyclic amines) is 1. The molecule has 1 fully saturated rings. The van der Waals surface area contributed by atoms with Gasteiger partial charge < -0.3 is 31.1 Å². The zero-order chi connectivity index (χ0) is 18.6. The van der Waals surface area contributed by atoms with Crippen molar-refractivity contribution in [1.82, 2.24) is 20.2 Å². The predicted molar refractivity (Wildman–Crippen MR) is 86.2 cm³/mol. The molecule has 0 saturated carbocycles. The van der Waals surface area contributed by atoms with E-state index in [1.165, 1.54) is 24.3 Å². The SMILES string of the molecule is CC(O)C(NC(=O)C(N)Cc1cnc[nH]1)C(=O)N1CCCC1C(=O)O. The minimum Gasteiger partial charge on any atom is -0.480 e. The van der Waals surface area contributed by atoms with E-state index in [4.69, 9.17) is 5.73 Å². The number of rotatable bonds is 7. The Labute approximate surface area is 144 Å². The number of carbonyl (C=O) groups is 3. The molecule has 2 amide bonds. The van der Waals surface area contributed by atoms with Gasteiger partial charge >= 0.3 is 5.97 Å². The quantitative estimate of drug-likeness (QED) is 0.387. The number of H-pyrrole nitrogens is 1. The summed E-state index contributed by atoms with van der Waals surface area (Å²) < 4.78 is 0. The number of aliphatic carboxylic acids is 1. The molecule has 4 unspecified atom stereocenters. The van der Waals surface area contributed by atoms with Crippen LogP contribution in [0.15, 0.2) is 12.5 Å². The van der Waals surface area contributed by atoms with Crippen LogP contribution in [-0.4, -0.2) is 73.6 Å². The lowest BCUT2D eigenvalue weighted by molar-refractivity contribution is -0.150. The maximum atomic E-state index is 12.6. The van der Waals surface area contributed by atoms with Crippen molar-refractivity contribution in [2.24, 2.45) is 5.73 Å². The highest BCUT2D eigenvalue weighted by Crippen LogP contribution is 2.19. The number of imidazole rings is 1. The lowest BCUT2D eigenvalue weighted by Crippen LogP contribution is -2.58. The Bertz CT molecular complexity index is 618. The molecule has 2 heterocycles. The fourth-order valence-corrected chi connectivity index (χ4v) is 2.84. The molecule has 1 aliphatic rings. The Morgan fingerprint density at radius 1 is 1.52 bits per heavy atom. The maximum absolute atomic E-state index is 12.6. The second-order valence-corrected chi connectivity index (χ2v) is 6.14. The molecule has 138 valence electrons. The van der Waals surface area contributed by atoms with Crippen LogP contribution in [0.5, 0.6) is 0 Å². The standard InChI is InChI=1S/C15H23N5O5/c1-8(21)12(14(23)20-4-2-3-11(20)15(24)25)19-13(22)10(16)5-9-6-17-7-18-9/h6-8,10-12,21H,2-5,16H2,1H3,(H,17,18)(H,19,22)(H,24,25). The first-order valence-electron chi connectivity index (χ1n) is 8.05. The van der Waals surface area contributed by atoms with Gasteiger partial charge in [-0.15, -0.1) is 0 Å². The van der Waals surface area contributed by atoms with Gasteiger partial charge in [0, 0.05) is 24.9 Å². The Morgan fingerprint density at radius 3 is 2.80 bits per heavy atom. The highest BCUT2D eigenvalue weighted by Gasteiger charge is 2.39. The van der Waals surface area contributed by atoms with E-state index < -0.39 is 42.0 Å². The van der Waals surface area contributed by atoms with Crippen molar-refractivity contribution in [3.8, 4) is 0 Å². The number of aromatic amines is 1. The first-order valence-corrected chi connectivity index (χ1v) is 8.05. The Hall–Kier alpha value is -2.46. The molecular weight excluding hydrogens is 330 g/mol. The number of carboxylic acid groups (broad SMARTS) is 1. The smallest absolute Gasteiger partial charge is 0.326 e. The van der Waals surface area contributed by atoms with Crippen molar-refractivity contribution in [2.75, 3.05) is 6.54 Å². The average molecular weight is 353 g/mol. The lowest BCUT2D eigenvalue weighted by atomic mass is 10.1. The van der Waals surface area contributed by atoms with Gasteiger partial charge in [-0.05, 0) is 19.8 Å². The molecule has 6 N–H and O–H groups in total. The van der Waals surface area contributed by atoms with Gasteiger partial charge in [-0.1, -0.05) is 0 Å². The molecule has 1 aromatic heterocycles. The molecule has 4 atom stereocenters. The summed E-state index contributed by atoms with van der Waals surface area (Å²) in [4.78, 5) is 43.9. The number of nitrogens with one attached hydrogen (secondary N) is 2. The highest BCUT2D eigenvalue weighted by atomic mass is 16.4. The van der Waals surface area contributed by atoms with Gasteiger partial charge in [-0.25, -0.2) is 9.78 Å². The third-order valence-electron chi connectivity index (χ3n) is 4.20. The van der Waals surface area contributed by atoms with Crippen molar-refractivity contribution in [3.05, 3.63) is 18.2 Å². The minimum atomic E-state index is -1.25. The van der Waals surface area contributed by atoms with E-state index in [-0.39, 0.29) is 13.0 Å². The minimum absolute atomic E-state index is 0.189. The summed E-state index contributed by atoms with van der Waals surface area (Å²) in [6.45, 7) is 1.63. The maximum Gasteiger partial charge on any atom is 0.326 e. The van der Waals surface area contributed by atoms with Crippen molar-refractivity contribution >= 4 is 17.8 Å². The first kappa shape index (κ1) is 18.9. The average Bonchev–Trinajstić information content (AvgIpc) is 3.22. The van der Waals surface area contributed by atoms with Crippen LogP contribution in [0.4, 0.5) is 0 Å². The molecule has 2 rings (SSSR count). The largest absolute Gasteiger partial charge is 0.480 e. The van der Waals surface area contributed by atoms with Gasteiger partial charge in [0.15, 0.2) is 0 Å². The van der Waals surface area contributed by atoms with Crippen molar-refractivity contribution in [1.29, 1.82) is 0 Å². The van der Waals surface area contributed by atoms with E-state index >= 15 is 0 Å². The summed E-state index contributed by atoms with van der Waals surface area (Å²) in [6.07, 6.45) is 2.90. The van der Waals surface area contributed by atoms with Crippen LogP contribution in [0.3, 0.4) is 0 Å². The third-order valence-corrected chi connectivity index (χ3v) is 4.20. The monoisotopic (exact) mass is 353 g/mol. The molecule has 25 heavy (non-hydrogen) atoms. The molecule has 0 spiro atoms. The number of hydrogen-bond acceptors (Lipinski definition) is 6. The second kappa shape index (κ2) is 8.08. The van der Waals surface area contributed by atoms with Gasteiger partial charge in [0.05, 0.1) is 18.5 Å². The number of hydrogen-bond donors (Lipinski definition) is 5. The van der Waals surface area contributed by atoms with Crippen LogP contribution in [0.1, 0.15) is 25.5 Å². The number of carbonyl (C=O) groups excluding carboxylic acids is 2. The molecule has 0 radical (unpaired) electrons. The number of aliphatic hydroxyl groups is 1. The molecule has 1 aliphatic heterocycles. The normalized spacial score (nSPS) is 20.8. The fraction of sp³-hybridized carbons (Fsp3) is 0.600. The second-order valence-electron chi connectivity index (χ2n) is 6.14. The fourth-order valence-electron chi connectivity index (χ4n) is 2.84. The molecule has 10 nitrogen and oxygen atoms in total. The van der Waals surface area contributed by atoms with E-state index in [2.05, 4.69) is 15.3 Å². The van der Waals surface area contributed by atoms with E-state index in [1.807, 2.05) is 0 Å². The summed E-state index contributed by atoms with van der Waals surface area (Å²) in [6, 6.07) is -3.13. The molecule has 1 aromatic rings. The number of carboxylic acids is 1. The van der Waals surface area contributed by atoms with Crippen molar-refractivity contribution in [2.45, 2.75) is 50.4 Å². The topological polar surface area (TPSA) is 162 Å². The zero-order valence-electron chi connectivity index (χ0n) is 13.9. The van der Waals surface area contributed by atoms with Gasteiger partial charge in [0.25, 0.3) is 0 Å². The third kappa shape index (κ3) is 4.54. The van der Waals surface area contributed by atoms with Crippen molar-refractivity contribution < 1.29 is 24.6 Å². The Balaban J connectivity index is 2.03. The van der Waals surface area contributed by atoms with Gasteiger partial charge in [-0.2, -0.15) is 0 Å². The lowest BCUT2D eigenvalue weighted by Gasteiger charge is -2.29. The van der Waals surface area contributed by atoms with E-state index in [1.54, 1.807) is 0 Å². The van der Waals surface area contributed by atoms with Crippen LogP contribution in [-0.2, 0) is 20.8 Å².